The molecule has 0 spiro atoms. The van der Waals surface area contributed by atoms with Gasteiger partial charge in [-0.15, -0.1) is 0 Å². The molecule has 1 fully saturated rings. The van der Waals surface area contributed by atoms with Crippen LogP contribution in [0, 0.1) is 0 Å². The standard InChI is InChI=1S/C29H41N5O5/c35-24-13-18-34(21-24)29(38)32-26(28(36)37)14-17-33(19-20-39-25-9-2-1-3-10-25)16-5-4-8-23-12-11-22-7-6-15-30-27(22)31-23/h1-3,9-12,24,26,35H,4-8,13-21H2,(H,30,31)(H,32,38)(H,36,37). The highest BCUT2D eigenvalue weighted by Crippen LogP contribution is 2.20. The van der Waals surface area contributed by atoms with Crippen molar-refractivity contribution in [3.63, 3.8) is 0 Å². The summed E-state index contributed by atoms with van der Waals surface area (Å²) in [5, 5.41) is 25.5. The number of aliphatic hydroxyl groups excluding tert-OH is 1. The number of hydrogen-bond donors (Lipinski definition) is 4. The zero-order valence-corrected chi connectivity index (χ0v) is 22.6. The summed E-state index contributed by atoms with van der Waals surface area (Å²) in [4.78, 5) is 32.9. The van der Waals surface area contributed by atoms with Crippen molar-refractivity contribution >= 4 is 17.8 Å². The first-order valence-electron chi connectivity index (χ1n) is 14.1. The zero-order valence-electron chi connectivity index (χ0n) is 22.6. The summed E-state index contributed by atoms with van der Waals surface area (Å²) in [5.41, 5.74) is 2.37. The van der Waals surface area contributed by atoms with E-state index in [4.69, 9.17) is 9.72 Å². The Balaban J connectivity index is 1.27. The van der Waals surface area contributed by atoms with E-state index >= 15 is 0 Å². The molecule has 2 unspecified atom stereocenters. The van der Waals surface area contributed by atoms with Crippen molar-refractivity contribution in [1.82, 2.24) is 20.1 Å². The Morgan fingerprint density at radius 1 is 1.15 bits per heavy atom. The minimum atomic E-state index is -1.06. The average molecular weight is 540 g/mol. The SMILES string of the molecule is O=C(O)C(CCN(CCCCc1ccc2c(n1)NCCC2)CCOc1ccccc1)NC(=O)N1CCC(O)C1. The maximum atomic E-state index is 12.5. The molecule has 2 aliphatic rings. The molecule has 0 aliphatic carbocycles. The second-order valence-corrected chi connectivity index (χ2v) is 10.3. The zero-order chi connectivity index (χ0) is 27.5. The summed E-state index contributed by atoms with van der Waals surface area (Å²) in [7, 11) is 0. The highest BCUT2D eigenvalue weighted by Gasteiger charge is 2.28. The number of fused-ring (bicyclic) bond motifs is 1. The third kappa shape index (κ3) is 9.11. The number of β-amino-alcohol motifs (C(OH)–C–C–N with tert-alkyl or cyclic N) is 1. The number of aromatic nitrogens is 1. The molecule has 212 valence electrons. The Labute approximate surface area is 230 Å². The Morgan fingerprint density at radius 3 is 2.77 bits per heavy atom. The minimum absolute atomic E-state index is 0.232. The topological polar surface area (TPSA) is 127 Å². The largest absolute Gasteiger partial charge is 0.492 e. The number of likely N-dealkylation sites (tertiary alicyclic amines) is 1. The normalized spacial score (nSPS) is 17.4. The summed E-state index contributed by atoms with van der Waals surface area (Å²) in [6.45, 7) is 4.07. The van der Waals surface area contributed by atoms with Gasteiger partial charge >= 0.3 is 12.0 Å². The van der Waals surface area contributed by atoms with E-state index < -0.39 is 24.1 Å². The third-order valence-corrected chi connectivity index (χ3v) is 7.31. The first-order valence-corrected chi connectivity index (χ1v) is 14.1. The van der Waals surface area contributed by atoms with Crippen LogP contribution in [0.5, 0.6) is 5.75 Å². The van der Waals surface area contributed by atoms with E-state index in [2.05, 4.69) is 27.7 Å². The number of unbranched alkanes of at least 4 members (excludes halogenated alkanes) is 1. The van der Waals surface area contributed by atoms with Crippen LogP contribution in [-0.4, -0.2) is 95.0 Å². The van der Waals surface area contributed by atoms with Crippen molar-refractivity contribution in [1.29, 1.82) is 0 Å². The number of aryl methyl sites for hydroxylation is 2. The summed E-state index contributed by atoms with van der Waals surface area (Å²) < 4.78 is 5.89. The molecule has 0 bridgehead atoms. The van der Waals surface area contributed by atoms with Crippen LogP contribution in [-0.2, 0) is 17.6 Å². The van der Waals surface area contributed by atoms with Crippen LogP contribution in [0.3, 0.4) is 0 Å². The van der Waals surface area contributed by atoms with Crippen molar-refractivity contribution in [2.45, 2.75) is 57.1 Å². The number of anilines is 1. The maximum absolute atomic E-state index is 12.5. The summed E-state index contributed by atoms with van der Waals surface area (Å²) in [5.74, 6) is 0.757. The molecule has 2 atom stereocenters. The fourth-order valence-corrected chi connectivity index (χ4v) is 5.03. The summed E-state index contributed by atoms with van der Waals surface area (Å²) in [6.07, 6.45) is 5.26. The van der Waals surface area contributed by atoms with Gasteiger partial charge < -0.3 is 30.5 Å². The third-order valence-electron chi connectivity index (χ3n) is 7.31. The van der Waals surface area contributed by atoms with E-state index in [0.29, 0.717) is 32.7 Å². The number of carbonyl (C=O) groups is 2. The predicted molar refractivity (Wildman–Crippen MR) is 149 cm³/mol. The number of nitrogens with zero attached hydrogens (tertiary/aromatic N) is 3. The number of para-hydroxylation sites is 1. The molecule has 1 aromatic carbocycles. The van der Waals surface area contributed by atoms with Crippen LogP contribution in [0.2, 0.25) is 0 Å². The van der Waals surface area contributed by atoms with Gasteiger partial charge in [-0.05, 0) is 75.3 Å². The fraction of sp³-hybridized carbons (Fsp3) is 0.552. The number of benzene rings is 1. The number of carboxylic acid groups (broad SMARTS) is 1. The van der Waals surface area contributed by atoms with E-state index in [1.165, 1.54) is 10.5 Å². The van der Waals surface area contributed by atoms with Gasteiger partial charge in [-0.3, -0.25) is 4.90 Å². The lowest BCUT2D eigenvalue weighted by Crippen LogP contribution is -2.48. The van der Waals surface area contributed by atoms with E-state index in [-0.39, 0.29) is 13.0 Å². The number of amides is 2. The molecule has 2 aromatic rings. The van der Waals surface area contributed by atoms with Crippen molar-refractivity contribution in [2.75, 3.05) is 51.2 Å². The highest BCUT2D eigenvalue weighted by molar-refractivity contribution is 5.82. The van der Waals surface area contributed by atoms with Gasteiger partial charge in [0.25, 0.3) is 0 Å². The van der Waals surface area contributed by atoms with Crippen LogP contribution in [0.1, 0.15) is 43.4 Å². The lowest BCUT2D eigenvalue weighted by Gasteiger charge is -2.25. The molecule has 1 aromatic heterocycles. The Hall–Kier alpha value is -3.37. The van der Waals surface area contributed by atoms with Crippen LogP contribution < -0.4 is 15.4 Å². The number of nitrogens with one attached hydrogen (secondary N) is 2. The van der Waals surface area contributed by atoms with Gasteiger partial charge in [-0.25, -0.2) is 14.6 Å². The Morgan fingerprint density at radius 2 is 2.00 bits per heavy atom. The molecule has 39 heavy (non-hydrogen) atoms. The van der Waals surface area contributed by atoms with E-state index in [1.807, 2.05) is 30.3 Å². The van der Waals surface area contributed by atoms with Crippen LogP contribution >= 0.6 is 0 Å². The first kappa shape index (κ1) is 28.6. The molecule has 3 heterocycles. The van der Waals surface area contributed by atoms with Crippen molar-refractivity contribution in [2.24, 2.45) is 0 Å². The second-order valence-electron chi connectivity index (χ2n) is 10.3. The number of urea groups is 1. The molecular formula is C29H41N5O5. The molecule has 2 amide bonds. The highest BCUT2D eigenvalue weighted by atomic mass is 16.5. The predicted octanol–water partition coefficient (Wildman–Crippen LogP) is 2.76. The Bertz CT molecular complexity index is 1070. The van der Waals surface area contributed by atoms with Gasteiger partial charge in [0.2, 0.25) is 0 Å². The number of carboxylic acids is 1. The van der Waals surface area contributed by atoms with Gasteiger partial charge in [0.05, 0.1) is 6.10 Å². The number of pyridine rings is 1. The molecule has 4 rings (SSSR count). The molecule has 1 saturated heterocycles. The number of carbonyl (C=O) groups excluding carboxylic acids is 1. The number of hydrogen-bond acceptors (Lipinski definition) is 7. The van der Waals surface area contributed by atoms with Crippen molar-refractivity contribution in [3.8, 4) is 5.75 Å². The molecule has 0 saturated carbocycles. The average Bonchev–Trinajstić information content (AvgIpc) is 3.39. The molecule has 4 N–H and O–H groups in total. The molecule has 10 heteroatoms. The maximum Gasteiger partial charge on any atom is 0.326 e. The number of rotatable bonds is 14. The van der Waals surface area contributed by atoms with Crippen LogP contribution in [0.4, 0.5) is 10.6 Å². The lowest BCUT2D eigenvalue weighted by atomic mass is 10.1. The van der Waals surface area contributed by atoms with Gasteiger partial charge in [0.1, 0.15) is 24.2 Å². The minimum Gasteiger partial charge on any atom is -0.492 e. The smallest absolute Gasteiger partial charge is 0.326 e. The van der Waals surface area contributed by atoms with Gasteiger partial charge in [-0.2, -0.15) is 0 Å². The monoisotopic (exact) mass is 539 g/mol. The van der Waals surface area contributed by atoms with Crippen LogP contribution in [0.25, 0.3) is 0 Å². The van der Waals surface area contributed by atoms with Gasteiger partial charge in [0.15, 0.2) is 0 Å². The quantitative estimate of drug-likeness (QED) is 0.270. The number of aliphatic hydroxyl groups is 1. The number of aliphatic carboxylic acids is 1. The lowest BCUT2D eigenvalue weighted by molar-refractivity contribution is -0.139. The van der Waals surface area contributed by atoms with Crippen molar-refractivity contribution < 1.29 is 24.5 Å². The van der Waals surface area contributed by atoms with E-state index in [0.717, 1.165) is 62.5 Å². The molecule has 2 aliphatic heterocycles. The summed E-state index contributed by atoms with van der Waals surface area (Å²) >= 11 is 0. The second kappa shape index (κ2) is 14.7. The van der Waals surface area contributed by atoms with Gasteiger partial charge in [-0.1, -0.05) is 24.3 Å². The molecule has 0 radical (unpaired) electrons. The Kier molecular flexibility index (Phi) is 10.8. The number of ether oxygens (including phenoxy) is 1. The molecular weight excluding hydrogens is 498 g/mol. The van der Waals surface area contributed by atoms with Gasteiger partial charge in [0, 0.05) is 38.4 Å². The fourth-order valence-electron chi connectivity index (χ4n) is 5.03. The van der Waals surface area contributed by atoms with E-state index in [9.17, 15) is 19.8 Å². The van der Waals surface area contributed by atoms with Crippen LogP contribution in [0.15, 0.2) is 42.5 Å². The first-order chi connectivity index (χ1) is 19.0. The molecule has 10 nitrogen and oxygen atoms in total. The van der Waals surface area contributed by atoms with Crippen molar-refractivity contribution in [3.05, 3.63) is 53.7 Å². The summed E-state index contributed by atoms with van der Waals surface area (Å²) in [6, 6.07) is 12.5. The van der Waals surface area contributed by atoms with E-state index in [1.54, 1.807) is 0 Å².